The molecule has 5 heteroatoms. The second-order valence-corrected chi connectivity index (χ2v) is 5.17. The van der Waals surface area contributed by atoms with E-state index in [0.29, 0.717) is 22.3 Å². The van der Waals surface area contributed by atoms with Crippen molar-refractivity contribution >= 4 is 28.2 Å². The molecule has 22 heavy (non-hydrogen) atoms. The molecule has 1 aromatic carbocycles. The first-order valence-electron chi connectivity index (χ1n) is 7.37. The number of fused-ring (bicyclic) bond motifs is 1. The molecule has 4 nitrogen and oxygen atoms in total. The molecule has 3 rings (SSSR count). The van der Waals surface area contributed by atoms with E-state index in [2.05, 4.69) is 22.9 Å². The summed E-state index contributed by atoms with van der Waals surface area (Å²) >= 11 is 6.18. The number of aromatic nitrogens is 2. The third-order valence-electron chi connectivity index (χ3n) is 3.47. The Labute approximate surface area is 134 Å². The van der Waals surface area contributed by atoms with Gasteiger partial charge < -0.3 is 5.73 Å². The third-order valence-corrected chi connectivity index (χ3v) is 3.78. The topological polar surface area (TPSA) is 60.9 Å². The quantitative estimate of drug-likeness (QED) is 0.923. The van der Waals surface area contributed by atoms with Crippen molar-refractivity contribution in [3.8, 4) is 0 Å². The monoisotopic (exact) mass is 317 g/mol. The first kappa shape index (κ1) is 16.5. The summed E-state index contributed by atoms with van der Waals surface area (Å²) in [5.74, 6) is 0.766. The lowest BCUT2D eigenvalue weighted by Crippen LogP contribution is -2.24. The van der Waals surface area contributed by atoms with Gasteiger partial charge in [-0.25, -0.2) is 4.98 Å². The molecule has 0 atom stereocenters. The SMILES string of the molecule is CCc1nc2cccc(Cl)c2c(=O)n1C1=CCCC=C1.CN. The van der Waals surface area contributed by atoms with Crippen molar-refractivity contribution in [1.82, 2.24) is 9.55 Å². The fourth-order valence-corrected chi connectivity index (χ4v) is 2.75. The van der Waals surface area contributed by atoms with Crippen molar-refractivity contribution < 1.29 is 0 Å². The minimum absolute atomic E-state index is 0.0877. The molecular formula is C17H20ClN3O. The third kappa shape index (κ3) is 2.98. The number of allylic oxidation sites excluding steroid dienone is 4. The average molecular weight is 318 g/mol. The number of hydrogen-bond acceptors (Lipinski definition) is 3. The predicted molar refractivity (Wildman–Crippen MR) is 93.1 cm³/mol. The van der Waals surface area contributed by atoms with Crippen LogP contribution in [-0.4, -0.2) is 16.6 Å². The van der Waals surface area contributed by atoms with Crippen LogP contribution in [0.25, 0.3) is 16.6 Å². The Balaban J connectivity index is 0.000000847. The number of halogens is 1. The normalized spacial score (nSPS) is 13.5. The van der Waals surface area contributed by atoms with Crippen molar-refractivity contribution in [2.75, 3.05) is 7.05 Å². The van der Waals surface area contributed by atoms with E-state index in [9.17, 15) is 4.79 Å². The Morgan fingerprint density at radius 3 is 2.73 bits per heavy atom. The number of benzene rings is 1. The molecule has 0 aliphatic heterocycles. The summed E-state index contributed by atoms with van der Waals surface area (Å²) in [6.45, 7) is 2.00. The lowest BCUT2D eigenvalue weighted by atomic mass is 10.1. The number of hydrogen-bond donors (Lipinski definition) is 1. The van der Waals surface area contributed by atoms with Crippen molar-refractivity contribution in [2.24, 2.45) is 5.73 Å². The van der Waals surface area contributed by atoms with Gasteiger partial charge in [-0.2, -0.15) is 0 Å². The van der Waals surface area contributed by atoms with Crippen molar-refractivity contribution in [1.29, 1.82) is 0 Å². The van der Waals surface area contributed by atoms with Crippen LogP contribution in [0.2, 0.25) is 5.02 Å². The molecule has 1 heterocycles. The number of nitrogens with two attached hydrogens (primary N) is 1. The number of aryl methyl sites for hydroxylation is 1. The second kappa shape index (κ2) is 7.38. The van der Waals surface area contributed by atoms with Gasteiger partial charge in [-0.05, 0) is 38.1 Å². The van der Waals surface area contributed by atoms with Gasteiger partial charge in [0.2, 0.25) is 0 Å². The van der Waals surface area contributed by atoms with E-state index in [1.807, 2.05) is 25.1 Å². The highest BCUT2D eigenvalue weighted by Gasteiger charge is 2.14. The van der Waals surface area contributed by atoms with Crippen LogP contribution in [0, 0.1) is 0 Å². The van der Waals surface area contributed by atoms with E-state index in [4.69, 9.17) is 11.6 Å². The molecule has 116 valence electrons. The molecule has 0 unspecified atom stereocenters. The lowest BCUT2D eigenvalue weighted by Gasteiger charge is -2.15. The molecule has 2 N–H and O–H groups in total. The zero-order valence-corrected chi connectivity index (χ0v) is 13.6. The van der Waals surface area contributed by atoms with Crippen molar-refractivity contribution in [3.63, 3.8) is 0 Å². The van der Waals surface area contributed by atoms with E-state index in [1.165, 1.54) is 7.05 Å². The van der Waals surface area contributed by atoms with Gasteiger partial charge in [0, 0.05) is 12.1 Å². The van der Waals surface area contributed by atoms with Gasteiger partial charge >= 0.3 is 0 Å². The Morgan fingerprint density at radius 1 is 1.32 bits per heavy atom. The Morgan fingerprint density at radius 2 is 2.09 bits per heavy atom. The summed E-state index contributed by atoms with van der Waals surface area (Å²) in [6.07, 6.45) is 8.80. The first-order chi connectivity index (χ1) is 10.7. The highest BCUT2D eigenvalue weighted by atomic mass is 35.5. The van der Waals surface area contributed by atoms with Gasteiger partial charge in [-0.3, -0.25) is 9.36 Å². The van der Waals surface area contributed by atoms with Crippen molar-refractivity contribution in [2.45, 2.75) is 26.2 Å². The van der Waals surface area contributed by atoms with Crippen LogP contribution < -0.4 is 11.3 Å². The van der Waals surface area contributed by atoms with Crippen molar-refractivity contribution in [3.05, 3.63) is 57.6 Å². The molecule has 1 aliphatic rings. The van der Waals surface area contributed by atoms with Crippen LogP contribution in [0.15, 0.2) is 41.2 Å². The molecule has 1 aromatic heterocycles. The van der Waals surface area contributed by atoms with Crippen LogP contribution in [-0.2, 0) is 6.42 Å². The van der Waals surface area contributed by atoms with Gasteiger partial charge in [-0.15, -0.1) is 0 Å². The summed E-state index contributed by atoms with van der Waals surface area (Å²) in [4.78, 5) is 17.4. The highest BCUT2D eigenvalue weighted by Crippen LogP contribution is 2.21. The minimum Gasteiger partial charge on any atom is -0.333 e. The van der Waals surface area contributed by atoms with Crippen LogP contribution in [0.5, 0.6) is 0 Å². The first-order valence-corrected chi connectivity index (χ1v) is 7.75. The van der Waals surface area contributed by atoms with E-state index in [-0.39, 0.29) is 5.56 Å². The molecule has 0 saturated heterocycles. The fourth-order valence-electron chi connectivity index (χ4n) is 2.50. The molecular weight excluding hydrogens is 298 g/mol. The van der Waals surface area contributed by atoms with Gasteiger partial charge in [0.25, 0.3) is 5.56 Å². The zero-order valence-electron chi connectivity index (χ0n) is 12.8. The summed E-state index contributed by atoms with van der Waals surface area (Å²) in [5, 5.41) is 0.947. The Kier molecular flexibility index (Phi) is 5.52. The van der Waals surface area contributed by atoms with E-state index in [1.54, 1.807) is 10.6 Å². The van der Waals surface area contributed by atoms with Crippen LogP contribution in [0.3, 0.4) is 0 Å². The number of rotatable bonds is 2. The molecule has 0 fully saturated rings. The van der Waals surface area contributed by atoms with Gasteiger partial charge in [0.1, 0.15) is 5.82 Å². The minimum atomic E-state index is -0.0877. The van der Waals surface area contributed by atoms with Gasteiger partial charge in [-0.1, -0.05) is 36.7 Å². The Hall–Kier alpha value is -1.91. The van der Waals surface area contributed by atoms with Gasteiger partial charge in [0.15, 0.2) is 0 Å². The van der Waals surface area contributed by atoms with Crippen LogP contribution in [0.1, 0.15) is 25.6 Å². The second-order valence-electron chi connectivity index (χ2n) is 4.76. The predicted octanol–water partition coefficient (Wildman–Crippen LogP) is 3.38. The molecule has 0 spiro atoms. The summed E-state index contributed by atoms with van der Waals surface area (Å²) in [7, 11) is 1.50. The summed E-state index contributed by atoms with van der Waals surface area (Å²) in [5.41, 5.74) is 5.97. The maximum atomic E-state index is 12.8. The molecule has 0 saturated carbocycles. The molecule has 0 radical (unpaired) electrons. The molecule has 1 aliphatic carbocycles. The largest absolute Gasteiger partial charge is 0.333 e. The van der Waals surface area contributed by atoms with E-state index in [0.717, 1.165) is 24.4 Å². The van der Waals surface area contributed by atoms with Crippen LogP contribution >= 0.6 is 11.6 Å². The summed E-state index contributed by atoms with van der Waals surface area (Å²) in [6, 6.07) is 5.38. The zero-order chi connectivity index (χ0) is 16.1. The average Bonchev–Trinajstić information content (AvgIpc) is 2.57. The molecule has 0 bridgehead atoms. The van der Waals surface area contributed by atoms with Crippen LogP contribution in [0.4, 0.5) is 0 Å². The molecule has 2 aromatic rings. The lowest BCUT2D eigenvalue weighted by molar-refractivity contribution is 0.842. The Bertz CT molecular complexity index is 790. The van der Waals surface area contributed by atoms with E-state index >= 15 is 0 Å². The molecule has 0 amide bonds. The number of nitrogens with zero attached hydrogens (tertiary/aromatic N) is 2. The van der Waals surface area contributed by atoms with E-state index < -0.39 is 0 Å². The van der Waals surface area contributed by atoms with Gasteiger partial charge in [0.05, 0.1) is 15.9 Å². The maximum absolute atomic E-state index is 12.8. The standard InChI is InChI=1S/C16H15ClN2O.CH5N/c1-2-14-18-13-10-6-9-12(17)15(13)16(20)19(14)11-7-4-3-5-8-11;1-2/h4,6-10H,2-3,5H2,1H3;2H2,1H3. The maximum Gasteiger partial charge on any atom is 0.267 e. The fraction of sp³-hybridized carbons (Fsp3) is 0.294. The smallest absolute Gasteiger partial charge is 0.267 e. The highest BCUT2D eigenvalue weighted by molar-refractivity contribution is 6.35. The summed E-state index contributed by atoms with van der Waals surface area (Å²) < 4.78 is 1.68.